The summed E-state index contributed by atoms with van der Waals surface area (Å²) < 4.78 is 0. The van der Waals surface area contributed by atoms with Crippen LogP contribution in [0.3, 0.4) is 0 Å². The van der Waals surface area contributed by atoms with Crippen molar-refractivity contribution in [2.45, 2.75) is 17.2 Å². The van der Waals surface area contributed by atoms with Gasteiger partial charge >= 0.3 is 0 Å². The third-order valence-corrected chi connectivity index (χ3v) is 3.04. The van der Waals surface area contributed by atoms with Crippen LogP contribution in [0.5, 0.6) is 0 Å². The largest absolute Gasteiger partial charge is 0.368 e. The number of hydrogen-bond acceptors (Lipinski definition) is 7. The van der Waals surface area contributed by atoms with E-state index in [1.54, 1.807) is 11.5 Å². The van der Waals surface area contributed by atoms with E-state index in [0.717, 1.165) is 0 Å². The van der Waals surface area contributed by atoms with Crippen LogP contribution in [-0.2, 0) is 11.4 Å². The fourth-order valence-electron chi connectivity index (χ4n) is 1.96. The van der Waals surface area contributed by atoms with Crippen molar-refractivity contribution in [1.29, 1.82) is 0 Å². The maximum absolute atomic E-state index is 9.89. The molecule has 16 heavy (non-hydrogen) atoms. The van der Waals surface area contributed by atoms with Gasteiger partial charge in [0.2, 0.25) is 11.5 Å². The minimum absolute atomic E-state index is 0.0657. The third kappa shape index (κ3) is 1.00. The van der Waals surface area contributed by atoms with Gasteiger partial charge in [-0.15, -0.1) is 0 Å². The van der Waals surface area contributed by atoms with Gasteiger partial charge in [0.15, 0.2) is 5.66 Å². The monoisotopic (exact) mass is 227 g/mol. The molecule has 0 radical (unpaired) electrons. The van der Waals surface area contributed by atoms with Crippen LogP contribution in [0.1, 0.15) is 11.1 Å². The average Bonchev–Trinajstić information content (AvgIpc) is 2.37. The third-order valence-electron chi connectivity index (χ3n) is 3.04. The average molecular weight is 227 g/mol. The summed E-state index contributed by atoms with van der Waals surface area (Å²) in [4.78, 5) is 0. The summed E-state index contributed by atoms with van der Waals surface area (Å²) in [6.07, 6.45) is 0. The minimum Gasteiger partial charge on any atom is -0.368 e. The quantitative estimate of drug-likeness (QED) is 0.209. The van der Waals surface area contributed by atoms with Gasteiger partial charge in [-0.2, -0.15) is 5.48 Å². The summed E-state index contributed by atoms with van der Waals surface area (Å²) in [5.41, 5.74) is 8.00. The van der Waals surface area contributed by atoms with E-state index in [2.05, 4.69) is 0 Å². The van der Waals surface area contributed by atoms with Crippen LogP contribution in [0.15, 0.2) is 24.3 Å². The van der Waals surface area contributed by atoms with Crippen molar-refractivity contribution in [1.82, 2.24) is 5.48 Å². The zero-order valence-electron chi connectivity index (χ0n) is 8.25. The molecular weight excluding hydrogens is 214 g/mol. The number of benzene rings is 1. The first-order valence-electron chi connectivity index (χ1n) is 4.55. The number of hydroxylamine groups is 1. The first-order chi connectivity index (χ1) is 7.29. The zero-order valence-corrected chi connectivity index (χ0v) is 8.25. The Kier molecular flexibility index (Phi) is 2.14. The molecule has 9 N–H and O–H groups in total. The molecule has 2 rings (SSSR count). The molecule has 0 bridgehead atoms. The zero-order chi connectivity index (χ0) is 12.2. The Morgan fingerprint density at radius 3 is 2.00 bits per heavy atom. The molecule has 2 atom stereocenters. The van der Waals surface area contributed by atoms with Gasteiger partial charge in [0.25, 0.3) is 0 Å². The predicted molar refractivity (Wildman–Crippen MR) is 52.5 cm³/mol. The lowest BCUT2D eigenvalue weighted by molar-refractivity contribution is -0.304. The molecule has 1 aromatic carbocycles. The van der Waals surface area contributed by atoms with Crippen molar-refractivity contribution in [2.75, 3.05) is 0 Å². The van der Waals surface area contributed by atoms with Gasteiger partial charge in [0, 0.05) is 11.1 Å². The molecule has 7 heteroatoms. The Morgan fingerprint density at radius 2 is 1.50 bits per heavy atom. The number of nitrogens with one attached hydrogen (secondary N) is 1. The van der Waals surface area contributed by atoms with Gasteiger partial charge < -0.3 is 26.3 Å². The lowest BCUT2D eigenvalue weighted by Crippen LogP contribution is -2.73. The molecule has 0 aromatic heterocycles. The Balaban J connectivity index is 2.77. The number of aliphatic hydroxyl groups is 3. The van der Waals surface area contributed by atoms with Crippen molar-refractivity contribution in [3.05, 3.63) is 35.4 Å². The molecule has 0 saturated carbocycles. The fraction of sp³-hybridized carbons (Fsp3) is 0.333. The van der Waals surface area contributed by atoms with E-state index in [4.69, 9.17) is 16.7 Å². The van der Waals surface area contributed by atoms with Crippen molar-refractivity contribution in [3.63, 3.8) is 0 Å². The van der Waals surface area contributed by atoms with Crippen LogP contribution in [0.2, 0.25) is 0 Å². The molecule has 2 unspecified atom stereocenters. The van der Waals surface area contributed by atoms with Gasteiger partial charge in [0.05, 0.1) is 0 Å². The molecule has 1 aromatic rings. The van der Waals surface area contributed by atoms with Crippen molar-refractivity contribution >= 4 is 0 Å². The Hall–Kier alpha value is -1.06. The highest BCUT2D eigenvalue weighted by Crippen LogP contribution is 2.47. The van der Waals surface area contributed by atoms with E-state index in [1.165, 1.54) is 18.2 Å². The van der Waals surface area contributed by atoms with Crippen LogP contribution >= 0.6 is 0 Å². The van der Waals surface area contributed by atoms with E-state index < -0.39 is 17.2 Å². The van der Waals surface area contributed by atoms with Crippen LogP contribution in [0, 0.1) is 0 Å². The van der Waals surface area contributed by atoms with E-state index in [-0.39, 0.29) is 11.1 Å². The van der Waals surface area contributed by atoms with Crippen LogP contribution < -0.4 is 16.9 Å². The Bertz CT molecular complexity index is 435. The lowest BCUT2D eigenvalue weighted by Gasteiger charge is -2.39. The van der Waals surface area contributed by atoms with Crippen LogP contribution in [0.25, 0.3) is 0 Å². The summed E-state index contributed by atoms with van der Waals surface area (Å²) in [5, 5.41) is 38.5. The summed E-state index contributed by atoms with van der Waals surface area (Å²) in [5.74, 6) is -2.76. The summed E-state index contributed by atoms with van der Waals surface area (Å²) in [6.45, 7) is 0. The van der Waals surface area contributed by atoms with Crippen molar-refractivity contribution in [3.8, 4) is 0 Å². The first kappa shape index (κ1) is 11.4. The van der Waals surface area contributed by atoms with Gasteiger partial charge in [-0.25, -0.2) is 0 Å². The smallest absolute Gasteiger partial charge is 0.238 e. The minimum atomic E-state index is -2.76. The lowest BCUT2D eigenvalue weighted by atomic mass is 9.96. The molecular formula is C9H13N3O4. The topological polar surface area (TPSA) is 145 Å². The molecule has 0 fully saturated rings. The number of fused-ring (bicyclic) bond motifs is 1. The van der Waals surface area contributed by atoms with Crippen LogP contribution in [0.4, 0.5) is 0 Å². The first-order valence-corrected chi connectivity index (χ1v) is 4.55. The number of hydrogen-bond donors (Lipinski definition) is 7. The molecule has 0 amide bonds. The maximum Gasteiger partial charge on any atom is 0.238 e. The highest BCUT2D eigenvalue weighted by Gasteiger charge is 2.67. The molecule has 0 spiro atoms. The molecule has 1 aliphatic carbocycles. The molecule has 1 aliphatic rings. The highest BCUT2D eigenvalue weighted by molar-refractivity contribution is 5.46. The number of nitrogens with two attached hydrogens (primary N) is 2. The van der Waals surface area contributed by atoms with E-state index in [9.17, 15) is 15.3 Å². The SMILES string of the molecule is NC1(NO)c2ccccc2C(O)(O)C1(N)O. The van der Waals surface area contributed by atoms with Gasteiger partial charge in [0.1, 0.15) is 0 Å². The molecule has 0 aliphatic heterocycles. The standard InChI is InChI=1S/C9H13N3O4/c10-7(12-16)5-3-1-2-4-6(5)8(13,14)9(7,11)15/h1-4,12-16H,10-11H2. The Morgan fingerprint density at radius 1 is 1.00 bits per heavy atom. The second kappa shape index (κ2) is 2.99. The molecule has 88 valence electrons. The van der Waals surface area contributed by atoms with Gasteiger partial charge in [-0.3, -0.25) is 5.73 Å². The molecule has 7 nitrogen and oxygen atoms in total. The normalized spacial score (nSPS) is 36.1. The van der Waals surface area contributed by atoms with Crippen molar-refractivity contribution in [2.24, 2.45) is 11.5 Å². The van der Waals surface area contributed by atoms with Crippen molar-refractivity contribution < 1.29 is 20.5 Å². The summed E-state index contributed by atoms with van der Waals surface area (Å²) in [6, 6.07) is 5.86. The van der Waals surface area contributed by atoms with E-state index >= 15 is 0 Å². The molecule has 0 heterocycles. The maximum atomic E-state index is 9.89. The van der Waals surface area contributed by atoms with Crippen LogP contribution in [-0.4, -0.2) is 26.3 Å². The second-order valence-corrected chi connectivity index (χ2v) is 3.90. The summed E-state index contributed by atoms with van der Waals surface area (Å²) >= 11 is 0. The van der Waals surface area contributed by atoms with Gasteiger partial charge in [-0.05, 0) is 0 Å². The highest BCUT2D eigenvalue weighted by atomic mass is 16.5. The van der Waals surface area contributed by atoms with E-state index in [1.807, 2.05) is 0 Å². The Labute approximate surface area is 90.9 Å². The fourth-order valence-corrected chi connectivity index (χ4v) is 1.96. The predicted octanol–water partition coefficient (Wildman–Crippen LogP) is -2.42. The van der Waals surface area contributed by atoms with Gasteiger partial charge in [-0.1, -0.05) is 24.3 Å². The van der Waals surface area contributed by atoms with E-state index in [0.29, 0.717) is 0 Å². The second-order valence-electron chi connectivity index (χ2n) is 3.90. The molecule has 0 saturated heterocycles. The summed E-state index contributed by atoms with van der Waals surface area (Å²) in [7, 11) is 0. The number of rotatable bonds is 1.